The quantitative estimate of drug-likeness (QED) is 0.523. The lowest BCUT2D eigenvalue weighted by Crippen LogP contribution is -2.32. The molecule has 0 amide bonds. The molecule has 2 aromatic carbocycles. The number of aliphatic carboxylic acids is 1. The molecule has 4 rings (SSSR count). The monoisotopic (exact) mass is 431 g/mol. The summed E-state index contributed by atoms with van der Waals surface area (Å²) in [5, 5.41) is 13.3. The number of carbonyl (C=O) groups is 1. The second-order valence-corrected chi connectivity index (χ2v) is 8.03. The van der Waals surface area contributed by atoms with E-state index >= 15 is 0 Å². The van der Waals surface area contributed by atoms with Gasteiger partial charge in [-0.3, -0.25) is 14.4 Å². The molecule has 6 heteroatoms. The number of nitrogens with zero attached hydrogens (tertiary/aromatic N) is 3. The van der Waals surface area contributed by atoms with Gasteiger partial charge < -0.3 is 9.84 Å². The van der Waals surface area contributed by atoms with E-state index in [9.17, 15) is 4.79 Å². The minimum absolute atomic E-state index is 0.0913. The van der Waals surface area contributed by atoms with Gasteiger partial charge in [0.2, 0.25) is 0 Å². The molecule has 2 heterocycles. The first kappa shape index (κ1) is 21.8. The SMILES string of the molecule is O=C(O)CCc1ccc(Cn2cccn2)cc1OCCN1CC=C(c2ccccc2)CC1. The number of benzene rings is 2. The highest BCUT2D eigenvalue weighted by Crippen LogP contribution is 2.24. The van der Waals surface area contributed by atoms with E-state index in [-0.39, 0.29) is 6.42 Å². The lowest BCUT2D eigenvalue weighted by atomic mass is 10.00. The molecule has 0 atom stereocenters. The zero-order valence-electron chi connectivity index (χ0n) is 18.2. The average molecular weight is 432 g/mol. The summed E-state index contributed by atoms with van der Waals surface area (Å²) in [6.45, 7) is 3.98. The predicted octanol–water partition coefficient (Wildman–Crippen LogP) is 4.12. The summed E-state index contributed by atoms with van der Waals surface area (Å²) in [6, 6.07) is 18.5. The molecular weight excluding hydrogens is 402 g/mol. The highest BCUT2D eigenvalue weighted by atomic mass is 16.5. The van der Waals surface area contributed by atoms with Crippen LogP contribution in [-0.2, 0) is 17.8 Å². The minimum atomic E-state index is -0.800. The van der Waals surface area contributed by atoms with Gasteiger partial charge in [-0.1, -0.05) is 48.5 Å². The normalized spacial score (nSPS) is 14.2. The summed E-state index contributed by atoms with van der Waals surface area (Å²) in [7, 11) is 0. The lowest BCUT2D eigenvalue weighted by molar-refractivity contribution is -0.136. The Morgan fingerprint density at radius 3 is 2.72 bits per heavy atom. The number of aryl methyl sites for hydroxylation is 1. The summed E-state index contributed by atoms with van der Waals surface area (Å²) in [4.78, 5) is 13.4. The topological polar surface area (TPSA) is 67.6 Å². The molecular formula is C26H29N3O3. The van der Waals surface area contributed by atoms with E-state index in [2.05, 4.69) is 40.3 Å². The van der Waals surface area contributed by atoms with Gasteiger partial charge in [0.05, 0.1) is 6.54 Å². The third kappa shape index (κ3) is 6.08. The Morgan fingerprint density at radius 1 is 1.12 bits per heavy atom. The van der Waals surface area contributed by atoms with Gasteiger partial charge in [-0.15, -0.1) is 0 Å². The predicted molar refractivity (Wildman–Crippen MR) is 125 cm³/mol. The summed E-state index contributed by atoms with van der Waals surface area (Å²) < 4.78 is 8.02. The van der Waals surface area contributed by atoms with Crippen molar-refractivity contribution in [2.75, 3.05) is 26.2 Å². The van der Waals surface area contributed by atoms with E-state index in [1.54, 1.807) is 6.20 Å². The van der Waals surface area contributed by atoms with Crippen LogP contribution in [0.15, 0.2) is 73.1 Å². The smallest absolute Gasteiger partial charge is 0.303 e. The number of ether oxygens (including phenoxy) is 1. The van der Waals surface area contributed by atoms with Crippen LogP contribution in [0.25, 0.3) is 5.57 Å². The number of rotatable bonds is 10. The van der Waals surface area contributed by atoms with Crippen LogP contribution in [0, 0.1) is 0 Å². The summed E-state index contributed by atoms with van der Waals surface area (Å²) in [5.74, 6) is -0.0284. The maximum absolute atomic E-state index is 11.0. The van der Waals surface area contributed by atoms with Crippen molar-refractivity contribution in [2.24, 2.45) is 0 Å². The standard InChI is InChI=1S/C26H29N3O3/c30-26(31)10-9-24-8-7-21(20-29-14-4-13-27-29)19-25(24)32-18-17-28-15-11-23(12-16-28)22-5-2-1-3-6-22/h1-8,11,13-14,19H,9-10,12,15-18,20H2,(H,30,31). The van der Waals surface area contributed by atoms with Gasteiger partial charge in [0.15, 0.2) is 0 Å². The summed E-state index contributed by atoms with van der Waals surface area (Å²) in [5.41, 5.74) is 4.73. The molecule has 1 N–H and O–H groups in total. The fraction of sp³-hybridized carbons (Fsp3) is 0.308. The first-order valence-corrected chi connectivity index (χ1v) is 11.1. The van der Waals surface area contributed by atoms with E-state index in [4.69, 9.17) is 9.84 Å². The number of carboxylic acid groups (broad SMARTS) is 1. The Hall–Kier alpha value is -3.38. The number of hydrogen-bond acceptors (Lipinski definition) is 4. The Morgan fingerprint density at radius 2 is 2.00 bits per heavy atom. The van der Waals surface area contributed by atoms with Crippen molar-refractivity contribution in [3.63, 3.8) is 0 Å². The summed E-state index contributed by atoms with van der Waals surface area (Å²) in [6.07, 6.45) is 7.57. The first-order valence-electron chi connectivity index (χ1n) is 11.1. The van der Waals surface area contributed by atoms with Crippen LogP contribution in [-0.4, -0.2) is 52.0 Å². The summed E-state index contributed by atoms with van der Waals surface area (Å²) >= 11 is 0. The largest absolute Gasteiger partial charge is 0.492 e. The van der Waals surface area contributed by atoms with Crippen molar-refractivity contribution in [1.82, 2.24) is 14.7 Å². The molecule has 0 spiro atoms. The number of carboxylic acids is 1. The number of aromatic nitrogens is 2. The fourth-order valence-corrected chi connectivity index (χ4v) is 3.97. The van der Waals surface area contributed by atoms with Gasteiger partial charge in [-0.05, 0) is 47.2 Å². The van der Waals surface area contributed by atoms with Crippen LogP contribution in [0.3, 0.4) is 0 Å². The van der Waals surface area contributed by atoms with Gasteiger partial charge >= 0.3 is 5.97 Å². The van der Waals surface area contributed by atoms with Crippen molar-refractivity contribution >= 4 is 11.5 Å². The van der Waals surface area contributed by atoms with Crippen LogP contribution < -0.4 is 4.74 Å². The maximum Gasteiger partial charge on any atom is 0.303 e. The Labute approximate surface area is 188 Å². The number of hydrogen-bond donors (Lipinski definition) is 1. The van der Waals surface area contributed by atoms with Crippen LogP contribution in [0.5, 0.6) is 5.75 Å². The van der Waals surface area contributed by atoms with Crippen LogP contribution in [0.4, 0.5) is 0 Å². The van der Waals surface area contributed by atoms with E-state index in [0.717, 1.165) is 42.9 Å². The lowest BCUT2D eigenvalue weighted by Gasteiger charge is -2.26. The highest BCUT2D eigenvalue weighted by Gasteiger charge is 2.14. The highest BCUT2D eigenvalue weighted by molar-refractivity contribution is 5.67. The Kier molecular flexibility index (Phi) is 7.35. The molecule has 0 radical (unpaired) electrons. The Bertz CT molecular complexity index is 1050. The molecule has 0 bridgehead atoms. The van der Waals surface area contributed by atoms with Gasteiger partial charge in [0.25, 0.3) is 0 Å². The molecule has 6 nitrogen and oxygen atoms in total. The molecule has 166 valence electrons. The van der Waals surface area contributed by atoms with Crippen molar-refractivity contribution in [3.8, 4) is 5.75 Å². The van der Waals surface area contributed by atoms with Crippen LogP contribution in [0.2, 0.25) is 0 Å². The van der Waals surface area contributed by atoms with E-state index in [1.165, 1.54) is 11.1 Å². The maximum atomic E-state index is 11.0. The van der Waals surface area contributed by atoms with Crippen molar-refractivity contribution in [3.05, 3.63) is 89.8 Å². The third-order valence-electron chi connectivity index (χ3n) is 5.75. The first-order chi connectivity index (χ1) is 15.7. The van der Waals surface area contributed by atoms with Gasteiger partial charge in [-0.2, -0.15) is 5.10 Å². The molecule has 0 saturated carbocycles. The Balaban J connectivity index is 1.35. The van der Waals surface area contributed by atoms with Crippen LogP contribution >= 0.6 is 0 Å². The molecule has 1 aliphatic rings. The van der Waals surface area contributed by atoms with Crippen molar-refractivity contribution < 1.29 is 14.6 Å². The van der Waals surface area contributed by atoms with Gasteiger partial charge in [0, 0.05) is 38.4 Å². The molecule has 0 unspecified atom stereocenters. The fourth-order valence-electron chi connectivity index (χ4n) is 3.97. The van der Waals surface area contributed by atoms with Crippen molar-refractivity contribution in [2.45, 2.75) is 25.8 Å². The average Bonchev–Trinajstić information content (AvgIpc) is 3.32. The molecule has 3 aromatic rings. The van der Waals surface area contributed by atoms with Gasteiger partial charge in [0.1, 0.15) is 12.4 Å². The second-order valence-electron chi connectivity index (χ2n) is 8.03. The molecule has 1 aliphatic heterocycles. The molecule has 0 aliphatic carbocycles. The van der Waals surface area contributed by atoms with Crippen LogP contribution in [0.1, 0.15) is 29.5 Å². The third-order valence-corrected chi connectivity index (χ3v) is 5.75. The van der Waals surface area contributed by atoms with E-state index < -0.39 is 5.97 Å². The zero-order valence-corrected chi connectivity index (χ0v) is 18.2. The molecule has 32 heavy (non-hydrogen) atoms. The zero-order chi connectivity index (χ0) is 22.2. The molecule has 0 fully saturated rings. The van der Waals surface area contributed by atoms with Gasteiger partial charge in [-0.25, -0.2) is 0 Å². The van der Waals surface area contributed by atoms with E-state index in [1.807, 2.05) is 41.2 Å². The molecule has 0 saturated heterocycles. The molecule has 1 aromatic heterocycles. The second kappa shape index (κ2) is 10.8. The van der Waals surface area contributed by atoms with E-state index in [0.29, 0.717) is 19.6 Å². The minimum Gasteiger partial charge on any atom is -0.492 e. The van der Waals surface area contributed by atoms with Crippen molar-refractivity contribution in [1.29, 1.82) is 0 Å².